The minimum atomic E-state index is -0.0717. The summed E-state index contributed by atoms with van der Waals surface area (Å²) in [6.07, 6.45) is 6.95. The number of carbonyl (C=O) groups is 1. The second kappa shape index (κ2) is 8.02. The lowest BCUT2D eigenvalue weighted by Gasteiger charge is -2.24. The van der Waals surface area contributed by atoms with Crippen molar-refractivity contribution < 1.29 is 14.1 Å². The standard InChI is InChI=1S/C23H30N4O3/c1-29-19-7-3-2-5-17(19)12-24-21(28)14-27-13-18-6-4-10-23(18,15-27)22-25-20(26-30-22)11-16-8-9-16/h2-3,5,7,16,18H,4,6,8-15H2,1H3,(H,24,28)/t18-,23-/m1/s1. The van der Waals surface area contributed by atoms with Gasteiger partial charge in [-0.15, -0.1) is 0 Å². The van der Waals surface area contributed by atoms with Crippen molar-refractivity contribution in [2.45, 2.75) is 50.5 Å². The summed E-state index contributed by atoms with van der Waals surface area (Å²) in [6, 6.07) is 7.77. The van der Waals surface area contributed by atoms with E-state index in [1.54, 1.807) is 7.11 Å². The van der Waals surface area contributed by atoms with Crippen LogP contribution in [0.2, 0.25) is 0 Å². The number of likely N-dealkylation sites (tertiary alicyclic amines) is 1. The Morgan fingerprint density at radius 3 is 3.03 bits per heavy atom. The number of nitrogens with one attached hydrogen (secondary N) is 1. The number of hydrogen-bond acceptors (Lipinski definition) is 6. The van der Waals surface area contributed by atoms with E-state index in [4.69, 9.17) is 14.2 Å². The highest BCUT2D eigenvalue weighted by molar-refractivity contribution is 5.78. The van der Waals surface area contributed by atoms with Crippen LogP contribution in [0.5, 0.6) is 5.75 Å². The van der Waals surface area contributed by atoms with Crippen molar-refractivity contribution in [1.29, 1.82) is 0 Å². The van der Waals surface area contributed by atoms with Gasteiger partial charge in [0.05, 0.1) is 19.1 Å². The summed E-state index contributed by atoms with van der Waals surface area (Å²) in [6.45, 7) is 2.61. The Bertz CT molecular complexity index is 909. The highest BCUT2D eigenvalue weighted by Gasteiger charge is 2.54. The predicted octanol–water partition coefficient (Wildman–Crippen LogP) is 2.70. The fourth-order valence-corrected chi connectivity index (χ4v) is 5.28. The van der Waals surface area contributed by atoms with Crippen LogP contribution in [0.15, 0.2) is 28.8 Å². The fourth-order valence-electron chi connectivity index (χ4n) is 5.28. The Morgan fingerprint density at radius 1 is 1.33 bits per heavy atom. The van der Waals surface area contributed by atoms with Gasteiger partial charge in [0, 0.05) is 31.6 Å². The fraction of sp³-hybridized carbons (Fsp3) is 0.609. The summed E-state index contributed by atoms with van der Waals surface area (Å²) < 4.78 is 11.1. The minimum absolute atomic E-state index is 0.0379. The first-order valence-corrected chi connectivity index (χ1v) is 11.1. The predicted molar refractivity (Wildman–Crippen MR) is 111 cm³/mol. The van der Waals surface area contributed by atoms with E-state index < -0.39 is 0 Å². The van der Waals surface area contributed by atoms with Gasteiger partial charge in [-0.2, -0.15) is 4.98 Å². The van der Waals surface area contributed by atoms with Gasteiger partial charge >= 0.3 is 0 Å². The van der Waals surface area contributed by atoms with Gasteiger partial charge in [0.2, 0.25) is 11.8 Å². The molecule has 2 saturated carbocycles. The molecule has 3 aliphatic rings. The Kier molecular flexibility index (Phi) is 5.23. The third-order valence-electron chi connectivity index (χ3n) is 7.04. The molecule has 5 rings (SSSR count). The summed E-state index contributed by atoms with van der Waals surface area (Å²) in [7, 11) is 1.65. The maximum atomic E-state index is 12.6. The number of nitrogens with zero attached hydrogens (tertiary/aromatic N) is 3. The van der Waals surface area contributed by atoms with Crippen LogP contribution in [0.4, 0.5) is 0 Å². The quantitative estimate of drug-likeness (QED) is 0.721. The van der Waals surface area contributed by atoms with E-state index in [1.165, 1.54) is 25.7 Å². The van der Waals surface area contributed by atoms with Crippen molar-refractivity contribution in [3.63, 3.8) is 0 Å². The van der Waals surface area contributed by atoms with Crippen molar-refractivity contribution >= 4 is 5.91 Å². The molecule has 0 unspecified atom stereocenters. The molecule has 1 aromatic heterocycles. The highest BCUT2D eigenvalue weighted by Crippen LogP contribution is 2.50. The Morgan fingerprint density at radius 2 is 2.20 bits per heavy atom. The van der Waals surface area contributed by atoms with Gasteiger partial charge in [0.15, 0.2) is 5.82 Å². The molecule has 3 fully saturated rings. The van der Waals surface area contributed by atoms with E-state index in [2.05, 4.69) is 15.4 Å². The summed E-state index contributed by atoms with van der Waals surface area (Å²) in [5.74, 6) is 3.74. The zero-order chi connectivity index (χ0) is 20.6. The number of para-hydroxylation sites is 1. The van der Waals surface area contributed by atoms with Crippen molar-refractivity contribution in [1.82, 2.24) is 20.4 Å². The molecule has 7 nitrogen and oxygen atoms in total. The molecular formula is C23H30N4O3. The molecule has 1 amide bonds. The van der Waals surface area contributed by atoms with Crippen LogP contribution < -0.4 is 10.1 Å². The molecule has 0 spiro atoms. The normalized spacial score (nSPS) is 26.0. The number of carbonyl (C=O) groups excluding carboxylic acids is 1. The molecule has 7 heteroatoms. The van der Waals surface area contributed by atoms with Crippen molar-refractivity contribution in [2.75, 3.05) is 26.7 Å². The van der Waals surface area contributed by atoms with E-state index in [0.29, 0.717) is 19.0 Å². The first-order chi connectivity index (χ1) is 14.7. The maximum absolute atomic E-state index is 12.6. The van der Waals surface area contributed by atoms with E-state index in [0.717, 1.165) is 54.9 Å². The third-order valence-corrected chi connectivity index (χ3v) is 7.04. The van der Waals surface area contributed by atoms with Crippen molar-refractivity contribution in [3.05, 3.63) is 41.5 Å². The molecule has 160 valence electrons. The van der Waals surface area contributed by atoms with Gasteiger partial charge in [0.1, 0.15) is 5.75 Å². The lowest BCUT2D eigenvalue weighted by Crippen LogP contribution is -2.38. The molecule has 2 aromatic rings. The van der Waals surface area contributed by atoms with Gasteiger partial charge in [-0.05, 0) is 43.6 Å². The van der Waals surface area contributed by atoms with Crippen LogP contribution >= 0.6 is 0 Å². The van der Waals surface area contributed by atoms with Gasteiger partial charge in [-0.25, -0.2) is 0 Å². The van der Waals surface area contributed by atoms with Crippen LogP contribution in [0.25, 0.3) is 0 Å². The zero-order valence-corrected chi connectivity index (χ0v) is 17.6. The van der Waals surface area contributed by atoms with E-state index >= 15 is 0 Å². The summed E-state index contributed by atoms with van der Waals surface area (Å²) in [5.41, 5.74) is 0.912. The van der Waals surface area contributed by atoms with Crippen LogP contribution in [-0.4, -0.2) is 47.7 Å². The number of fused-ring (bicyclic) bond motifs is 1. The molecule has 2 aliphatic carbocycles. The smallest absolute Gasteiger partial charge is 0.234 e. The number of amides is 1. The van der Waals surface area contributed by atoms with Gasteiger partial charge in [0.25, 0.3) is 0 Å². The third kappa shape index (κ3) is 3.83. The molecule has 30 heavy (non-hydrogen) atoms. The van der Waals surface area contributed by atoms with E-state index in [-0.39, 0.29) is 11.3 Å². The van der Waals surface area contributed by atoms with Crippen LogP contribution in [0.3, 0.4) is 0 Å². The molecule has 0 bridgehead atoms. The topological polar surface area (TPSA) is 80.5 Å². The SMILES string of the molecule is COc1ccccc1CNC(=O)CN1C[C@H]2CCC[C@@]2(c2nc(CC3CC3)no2)C1. The number of ether oxygens (including phenoxy) is 1. The Hall–Kier alpha value is -2.41. The molecule has 1 aliphatic heterocycles. The van der Waals surface area contributed by atoms with Crippen LogP contribution in [0.1, 0.15) is 49.4 Å². The van der Waals surface area contributed by atoms with E-state index in [1.807, 2.05) is 24.3 Å². The van der Waals surface area contributed by atoms with Crippen molar-refractivity contribution in [2.24, 2.45) is 11.8 Å². The number of aromatic nitrogens is 2. The number of methoxy groups -OCH3 is 1. The van der Waals surface area contributed by atoms with Gasteiger partial charge < -0.3 is 14.6 Å². The van der Waals surface area contributed by atoms with Crippen molar-refractivity contribution in [3.8, 4) is 5.75 Å². The first-order valence-electron chi connectivity index (χ1n) is 11.1. The molecular weight excluding hydrogens is 380 g/mol. The van der Waals surface area contributed by atoms with Crippen LogP contribution in [0, 0.1) is 11.8 Å². The lowest BCUT2D eigenvalue weighted by molar-refractivity contribution is -0.122. The zero-order valence-electron chi connectivity index (χ0n) is 17.6. The molecule has 2 atom stereocenters. The van der Waals surface area contributed by atoms with Gasteiger partial charge in [-0.3, -0.25) is 9.69 Å². The Labute approximate surface area is 177 Å². The lowest BCUT2D eigenvalue weighted by atomic mass is 9.80. The monoisotopic (exact) mass is 410 g/mol. The second-order valence-electron chi connectivity index (χ2n) is 9.17. The minimum Gasteiger partial charge on any atom is -0.496 e. The average Bonchev–Trinajstić information content (AvgIpc) is 3.12. The Balaban J connectivity index is 1.20. The van der Waals surface area contributed by atoms with Crippen LogP contribution in [-0.2, 0) is 23.2 Å². The summed E-state index contributed by atoms with van der Waals surface area (Å²) in [4.78, 5) is 19.7. The number of hydrogen-bond donors (Lipinski definition) is 1. The van der Waals surface area contributed by atoms with Gasteiger partial charge in [-0.1, -0.05) is 29.8 Å². The first kappa shape index (κ1) is 19.5. The number of benzene rings is 1. The summed E-state index contributed by atoms with van der Waals surface area (Å²) >= 11 is 0. The molecule has 1 saturated heterocycles. The molecule has 0 radical (unpaired) electrons. The highest BCUT2D eigenvalue weighted by atomic mass is 16.5. The molecule has 1 aromatic carbocycles. The molecule has 1 N–H and O–H groups in total. The van der Waals surface area contributed by atoms with E-state index in [9.17, 15) is 4.79 Å². The largest absolute Gasteiger partial charge is 0.496 e. The average molecular weight is 411 g/mol. The number of rotatable bonds is 8. The second-order valence-corrected chi connectivity index (χ2v) is 9.17. The maximum Gasteiger partial charge on any atom is 0.234 e. The molecule has 2 heterocycles. The summed E-state index contributed by atoms with van der Waals surface area (Å²) in [5, 5.41) is 7.30.